The molecule has 3 amide bonds. The highest BCUT2D eigenvalue weighted by Crippen LogP contribution is 2.70. The van der Waals surface area contributed by atoms with E-state index in [0.29, 0.717) is 79.7 Å². The first-order valence-electron chi connectivity index (χ1n) is 13.7. The van der Waals surface area contributed by atoms with Crippen molar-refractivity contribution in [2.45, 2.75) is 43.8 Å². The highest BCUT2D eigenvalue weighted by atomic mass is 32.1. The van der Waals surface area contributed by atoms with Gasteiger partial charge in [0.15, 0.2) is 10.8 Å². The van der Waals surface area contributed by atoms with Gasteiger partial charge < -0.3 is 26.0 Å². The number of rotatable bonds is 7. The number of fused-ring (bicyclic) bond motifs is 1. The van der Waals surface area contributed by atoms with Crippen LogP contribution in [0.3, 0.4) is 0 Å². The number of halogens is 1. The number of carbonyl (C=O) groups is 3. The van der Waals surface area contributed by atoms with Crippen molar-refractivity contribution in [3.8, 4) is 0 Å². The number of carboxylic acids is 1. The fourth-order valence-corrected chi connectivity index (χ4v) is 7.97. The number of benzene rings is 1. The summed E-state index contributed by atoms with van der Waals surface area (Å²) < 4.78 is 14.6. The molecule has 0 spiro atoms. The van der Waals surface area contributed by atoms with Crippen LogP contribution in [0.4, 0.5) is 9.18 Å². The maximum atomic E-state index is 14.6. The Kier molecular flexibility index (Phi) is 5.78. The van der Waals surface area contributed by atoms with Gasteiger partial charge in [0.05, 0.1) is 17.0 Å². The predicted octanol–water partition coefficient (Wildman–Crippen LogP) is 1.85. The maximum Gasteiger partial charge on any atom is 0.335 e. The van der Waals surface area contributed by atoms with Crippen LogP contribution in [-0.4, -0.2) is 92.8 Å². The monoisotopic (exact) mass is 579 g/mol. The van der Waals surface area contributed by atoms with Crippen LogP contribution in [0.2, 0.25) is 0 Å². The lowest BCUT2D eigenvalue weighted by molar-refractivity contribution is -0.202. The number of aliphatic carboxylic acids is 1. The summed E-state index contributed by atoms with van der Waals surface area (Å²) >= 11 is 1.38. The number of urea groups is 1. The Hall–Kier alpha value is -3.84. The Morgan fingerprint density at radius 3 is 2.71 bits per heavy atom. The Bertz CT molecular complexity index is 1520. The molecule has 4 N–H and O–H groups in total. The molecule has 3 aliphatic carbocycles. The number of carbonyl (C=O) groups excluding carboxylic acids is 2. The molecular weight excluding hydrogens is 549 g/mol. The van der Waals surface area contributed by atoms with Gasteiger partial charge >= 0.3 is 12.0 Å². The number of thiazole rings is 1. The van der Waals surface area contributed by atoms with Gasteiger partial charge in [0, 0.05) is 55.5 Å². The summed E-state index contributed by atoms with van der Waals surface area (Å²) in [5.41, 5.74) is 6.27. The molecule has 2 atom stereocenters. The van der Waals surface area contributed by atoms with E-state index >= 15 is 0 Å². The summed E-state index contributed by atoms with van der Waals surface area (Å²) in [6, 6.07) is 3.68. The quantitative estimate of drug-likeness (QED) is 0.454. The number of amides is 3. The van der Waals surface area contributed by atoms with Crippen LogP contribution in [0.15, 0.2) is 46.0 Å². The number of primary amides is 1. The molecule has 1 aromatic carbocycles. The van der Waals surface area contributed by atoms with Gasteiger partial charge in [0.2, 0.25) is 5.91 Å². The minimum absolute atomic E-state index is 0.00786. The molecule has 2 aromatic rings. The zero-order valence-electron chi connectivity index (χ0n) is 22.5. The van der Waals surface area contributed by atoms with Crippen LogP contribution in [0.25, 0.3) is 0 Å². The van der Waals surface area contributed by atoms with Gasteiger partial charge in [-0.2, -0.15) is 0 Å². The molecule has 0 radical (unpaired) electrons. The van der Waals surface area contributed by atoms with E-state index < -0.39 is 23.2 Å². The lowest BCUT2D eigenvalue weighted by atomic mass is 9.38. The highest BCUT2D eigenvalue weighted by Gasteiger charge is 2.75. The molecule has 214 valence electrons. The van der Waals surface area contributed by atoms with E-state index in [1.165, 1.54) is 17.4 Å². The molecule has 2 saturated heterocycles. The van der Waals surface area contributed by atoms with Gasteiger partial charge in [0.1, 0.15) is 11.9 Å². The second-order valence-corrected chi connectivity index (χ2v) is 12.8. The molecule has 5 fully saturated rings. The van der Waals surface area contributed by atoms with E-state index in [0.717, 1.165) is 0 Å². The van der Waals surface area contributed by atoms with Crippen LogP contribution in [0.5, 0.6) is 0 Å². The van der Waals surface area contributed by atoms with Gasteiger partial charge in [-0.25, -0.2) is 19.0 Å². The van der Waals surface area contributed by atoms with Crippen LogP contribution < -0.4 is 11.1 Å². The fourth-order valence-electron chi connectivity index (χ4n) is 7.38. The molecule has 4 heterocycles. The number of nitrogens with zero attached hydrogens (tertiary/aromatic N) is 5. The van der Waals surface area contributed by atoms with E-state index in [1.54, 1.807) is 25.3 Å². The third kappa shape index (κ3) is 3.89. The molecule has 41 heavy (non-hydrogen) atoms. The second-order valence-electron chi connectivity index (χ2n) is 11.9. The minimum atomic E-state index is -1.13. The smallest absolute Gasteiger partial charge is 0.335 e. The standard InChI is InChI=1S/C28H30FN7O4S/c1-15-17(3-2-4-18(15)29)21-20(24(37)38)19(32-22(33-21)23-31-5-8-41-23)11-34-6-7-35-16(9-34)10-36(26(35)40)28-12-27(13-28,14-28)25(30)39/h2-5,8,16,21H,6-7,9-14H2,1H3,(H2,30,39)(H,32,33)(H,37,38). The van der Waals surface area contributed by atoms with Crippen LogP contribution >= 0.6 is 11.3 Å². The summed E-state index contributed by atoms with van der Waals surface area (Å²) in [6.45, 7) is 4.16. The number of nitrogens with two attached hydrogens (primary N) is 1. The Labute approximate surface area is 239 Å². The molecule has 6 aliphatic rings. The molecule has 11 nitrogen and oxygen atoms in total. The van der Waals surface area contributed by atoms with Crippen molar-refractivity contribution in [1.82, 2.24) is 25.0 Å². The van der Waals surface area contributed by atoms with Gasteiger partial charge in [-0.1, -0.05) is 12.1 Å². The third-order valence-electron chi connectivity index (χ3n) is 9.51. The first kappa shape index (κ1) is 26.1. The first-order valence-corrected chi connectivity index (χ1v) is 14.6. The number of aliphatic imine (C=N–C) groups is 1. The van der Waals surface area contributed by atoms with E-state index in [9.17, 15) is 23.9 Å². The number of nitrogens with one attached hydrogen (secondary N) is 1. The molecule has 8 rings (SSSR count). The van der Waals surface area contributed by atoms with E-state index in [1.807, 2.05) is 15.2 Å². The molecule has 1 aromatic heterocycles. The second kappa shape index (κ2) is 9.08. The molecular formula is C28H30FN7O4S. The van der Waals surface area contributed by atoms with E-state index in [-0.39, 0.29) is 29.1 Å². The van der Waals surface area contributed by atoms with Gasteiger partial charge in [-0.3, -0.25) is 14.7 Å². The number of piperazine rings is 1. The third-order valence-corrected chi connectivity index (χ3v) is 10.3. The van der Waals surface area contributed by atoms with Crippen molar-refractivity contribution in [2.75, 3.05) is 32.7 Å². The first-order chi connectivity index (χ1) is 19.6. The maximum absolute atomic E-state index is 14.6. The van der Waals surface area contributed by atoms with E-state index in [4.69, 9.17) is 10.7 Å². The SMILES string of the molecule is Cc1c(F)cccc1C1N=C(c2nccs2)NC(CN2CCN3C(=O)N(C45CC(C(N)=O)(C4)C5)CC3C2)=C1C(=O)O. The number of carboxylic acid groups (broad SMARTS) is 1. The molecule has 2 unspecified atom stereocenters. The normalized spacial score (nSPS) is 30.8. The van der Waals surface area contributed by atoms with Crippen LogP contribution in [0.1, 0.15) is 41.4 Å². The Balaban J connectivity index is 1.15. The molecule has 13 heteroatoms. The van der Waals surface area contributed by atoms with Crippen molar-refractivity contribution in [3.63, 3.8) is 0 Å². The Morgan fingerprint density at radius 2 is 2.02 bits per heavy atom. The van der Waals surface area contributed by atoms with Crippen molar-refractivity contribution >= 4 is 35.1 Å². The van der Waals surface area contributed by atoms with Crippen molar-refractivity contribution < 1.29 is 23.9 Å². The van der Waals surface area contributed by atoms with Gasteiger partial charge in [-0.05, 0) is 43.4 Å². The van der Waals surface area contributed by atoms with Gasteiger partial charge in [0.25, 0.3) is 0 Å². The largest absolute Gasteiger partial charge is 0.478 e. The summed E-state index contributed by atoms with van der Waals surface area (Å²) in [4.78, 5) is 52.9. The number of amidine groups is 1. The fraction of sp³-hybridized carbons (Fsp3) is 0.464. The zero-order chi connectivity index (χ0) is 28.7. The zero-order valence-corrected chi connectivity index (χ0v) is 23.3. The minimum Gasteiger partial charge on any atom is -0.478 e. The summed E-state index contributed by atoms with van der Waals surface area (Å²) in [7, 11) is 0. The topological polar surface area (TPSA) is 144 Å². The molecule has 3 saturated carbocycles. The number of aromatic nitrogens is 1. The van der Waals surface area contributed by atoms with Crippen LogP contribution in [-0.2, 0) is 9.59 Å². The summed E-state index contributed by atoms with van der Waals surface area (Å²) in [5.74, 6) is -1.38. The lowest BCUT2D eigenvalue weighted by Gasteiger charge is -2.71. The van der Waals surface area contributed by atoms with Crippen molar-refractivity contribution in [3.05, 3.63) is 63.0 Å². The summed E-state index contributed by atoms with van der Waals surface area (Å²) in [6.07, 6.45) is 3.58. The molecule has 2 bridgehead atoms. The number of hydrogen-bond donors (Lipinski definition) is 3. The van der Waals surface area contributed by atoms with Crippen LogP contribution in [0, 0.1) is 18.2 Å². The lowest BCUT2D eigenvalue weighted by Crippen LogP contribution is -2.78. The van der Waals surface area contributed by atoms with Gasteiger partial charge in [-0.15, -0.1) is 11.3 Å². The van der Waals surface area contributed by atoms with Crippen molar-refractivity contribution in [1.29, 1.82) is 0 Å². The predicted molar refractivity (Wildman–Crippen MR) is 148 cm³/mol. The van der Waals surface area contributed by atoms with E-state index in [2.05, 4.69) is 15.2 Å². The average molecular weight is 580 g/mol. The molecule has 3 aliphatic heterocycles. The summed E-state index contributed by atoms with van der Waals surface area (Å²) in [5, 5.41) is 16.0. The Morgan fingerprint density at radius 1 is 1.24 bits per heavy atom. The van der Waals surface area contributed by atoms with Crippen molar-refractivity contribution in [2.24, 2.45) is 16.1 Å². The number of hydrogen-bond acceptors (Lipinski definition) is 8. The highest BCUT2D eigenvalue weighted by molar-refractivity contribution is 7.11. The average Bonchev–Trinajstić information content (AvgIpc) is 3.52.